The first-order valence-electron chi connectivity index (χ1n) is 8.39. The second-order valence-corrected chi connectivity index (χ2v) is 6.14. The second kappa shape index (κ2) is 9.18. The van der Waals surface area contributed by atoms with Gasteiger partial charge in [0.25, 0.3) is 0 Å². The number of para-hydroxylation sites is 1. The molecule has 5 heteroatoms. The van der Waals surface area contributed by atoms with Gasteiger partial charge in [0.1, 0.15) is 11.6 Å². The molecule has 0 bridgehead atoms. The lowest BCUT2D eigenvalue weighted by atomic mass is 10.0. The third-order valence-corrected chi connectivity index (χ3v) is 4.07. The molecule has 0 aliphatic heterocycles. The highest BCUT2D eigenvalue weighted by Gasteiger charge is 2.21. The highest BCUT2D eigenvalue weighted by atomic mass is 19.1. The number of hydrogen-bond donors (Lipinski definition) is 2. The van der Waals surface area contributed by atoms with Crippen LogP contribution in [-0.2, 0) is 4.79 Å². The Labute approximate surface area is 147 Å². The largest absolute Gasteiger partial charge is 0.494 e. The molecule has 25 heavy (non-hydrogen) atoms. The van der Waals surface area contributed by atoms with Crippen molar-refractivity contribution in [3.63, 3.8) is 0 Å². The number of aliphatic hydroxyl groups excluding tert-OH is 1. The topological polar surface area (TPSA) is 58.6 Å². The Balaban J connectivity index is 1.78. The van der Waals surface area contributed by atoms with Crippen molar-refractivity contribution in [2.45, 2.75) is 32.4 Å². The van der Waals surface area contributed by atoms with E-state index in [-0.39, 0.29) is 17.6 Å². The number of nitrogens with one attached hydrogen (secondary N) is 1. The fourth-order valence-electron chi connectivity index (χ4n) is 2.40. The minimum absolute atomic E-state index is 0.148. The molecule has 0 radical (unpaired) electrons. The SMILES string of the molecule is CC(CCOc1ccccc1)C(=O)NC(C)C(O)c1ccc(F)cc1. The Morgan fingerprint density at radius 1 is 1.12 bits per heavy atom. The van der Waals surface area contributed by atoms with Crippen LogP contribution in [0.25, 0.3) is 0 Å². The number of halogens is 1. The summed E-state index contributed by atoms with van der Waals surface area (Å²) in [7, 11) is 0. The molecule has 0 spiro atoms. The van der Waals surface area contributed by atoms with Crippen LogP contribution in [0.5, 0.6) is 5.75 Å². The standard InChI is InChI=1S/C20H24FNO3/c1-14(12-13-25-18-6-4-3-5-7-18)20(24)22-15(2)19(23)16-8-10-17(21)11-9-16/h3-11,14-15,19,23H,12-13H2,1-2H3,(H,22,24). The summed E-state index contributed by atoms with van der Waals surface area (Å²) < 4.78 is 18.5. The molecule has 3 unspecified atom stereocenters. The van der Waals surface area contributed by atoms with Gasteiger partial charge in [0.2, 0.25) is 5.91 Å². The van der Waals surface area contributed by atoms with E-state index in [1.807, 2.05) is 37.3 Å². The van der Waals surface area contributed by atoms with Crippen LogP contribution >= 0.6 is 0 Å². The third kappa shape index (κ3) is 5.87. The van der Waals surface area contributed by atoms with E-state index in [4.69, 9.17) is 4.74 Å². The van der Waals surface area contributed by atoms with Gasteiger partial charge in [0.15, 0.2) is 0 Å². The summed E-state index contributed by atoms with van der Waals surface area (Å²) in [5, 5.41) is 13.1. The van der Waals surface area contributed by atoms with Gasteiger partial charge in [-0.05, 0) is 43.2 Å². The number of carbonyl (C=O) groups excluding carboxylic acids is 1. The zero-order valence-electron chi connectivity index (χ0n) is 14.5. The van der Waals surface area contributed by atoms with Crippen molar-refractivity contribution >= 4 is 5.91 Å². The molecule has 3 atom stereocenters. The molecule has 4 nitrogen and oxygen atoms in total. The molecule has 1 amide bonds. The lowest BCUT2D eigenvalue weighted by molar-refractivity contribution is -0.126. The molecule has 0 saturated heterocycles. The Bertz CT molecular complexity index is 660. The molecule has 0 aliphatic carbocycles. The predicted octanol–water partition coefficient (Wildman–Crippen LogP) is 3.47. The van der Waals surface area contributed by atoms with E-state index >= 15 is 0 Å². The molecule has 2 rings (SSSR count). The van der Waals surface area contributed by atoms with Crippen molar-refractivity contribution in [1.29, 1.82) is 0 Å². The van der Waals surface area contributed by atoms with Gasteiger partial charge in [-0.2, -0.15) is 0 Å². The highest BCUT2D eigenvalue weighted by Crippen LogP contribution is 2.18. The summed E-state index contributed by atoms with van der Waals surface area (Å²) in [4.78, 5) is 12.2. The van der Waals surface area contributed by atoms with Crippen molar-refractivity contribution in [3.05, 3.63) is 66.0 Å². The first-order valence-corrected chi connectivity index (χ1v) is 8.39. The number of rotatable bonds is 8. The maximum absolute atomic E-state index is 12.9. The van der Waals surface area contributed by atoms with Crippen LogP contribution in [0.2, 0.25) is 0 Å². The summed E-state index contributed by atoms with van der Waals surface area (Å²) in [6.45, 7) is 3.98. The summed E-state index contributed by atoms with van der Waals surface area (Å²) >= 11 is 0. The zero-order chi connectivity index (χ0) is 18.2. The second-order valence-electron chi connectivity index (χ2n) is 6.14. The molecule has 2 aromatic rings. The van der Waals surface area contributed by atoms with E-state index < -0.39 is 12.1 Å². The fraction of sp³-hybridized carbons (Fsp3) is 0.350. The van der Waals surface area contributed by atoms with Crippen LogP contribution in [0.1, 0.15) is 31.9 Å². The maximum atomic E-state index is 12.9. The molecular weight excluding hydrogens is 321 g/mol. The average Bonchev–Trinajstić information content (AvgIpc) is 2.62. The fourth-order valence-corrected chi connectivity index (χ4v) is 2.40. The monoisotopic (exact) mass is 345 g/mol. The number of aliphatic hydroxyl groups is 1. The van der Waals surface area contributed by atoms with E-state index in [1.165, 1.54) is 24.3 Å². The van der Waals surface area contributed by atoms with Crippen LogP contribution in [0.3, 0.4) is 0 Å². The summed E-state index contributed by atoms with van der Waals surface area (Å²) in [5.41, 5.74) is 0.564. The van der Waals surface area contributed by atoms with E-state index in [1.54, 1.807) is 6.92 Å². The molecule has 134 valence electrons. The van der Waals surface area contributed by atoms with Crippen LogP contribution in [0, 0.1) is 11.7 Å². The van der Waals surface area contributed by atoms with Crippen molar-refractivity contribution in [3.8, 4) is 5.75 Å². The van der Waals surface area contributed by atoms with Crippen LogP contribution < -0.4 is 10.1 Å². The van der Waals surface area contributed by atoms with E-state index in [2.05, 4.69) is 5.32 Å². The van der Waals surface area contributed by atoms with Crippen LogP contribution in [0.15, 0.2) is 54.6 Å². The van der Waals surface area contributed by atoms with Gasteiger partial charge in [-0.1, -0.05) is 37.3 Å². The third-order valence-electron chi connectivity index (χ3n) is 4.07. The van der Waals surface area contributed by atoms with Gasteiger partial charge >= 0.3 is 0 Å². The smallest absolute Gasteiger partial charge is 0.223 e. The van der Waals surface area contributed by atoms with Crippen molar-refractivity contribution in [1.82, 2.24) is 5.32 Å². The van der Waals surface area contributed by atoms with Gasteiger partial charge < -0.3 is 15.2 Å². The van der Waals surface area contributed by atoms with E-state index in [0.29, 0.717) is 18.6 Å². The molecule has 0 saturated carbocycles. The number of hydrogen-bond acceptors (Lipinski definition) is 3. The average molecular weight is 345 g/mol. The Kier molecular flexibility index (Phi) is 6.95. The number of amides is 1. The predicted molar refractivity (Wildman–Crippen MR) is 94.7 cm³/mol. The minimum Gasteiger partial charge on any atom is -0.494 e. The lowest BCUT2D eigenvalue weighted by Crippen LogP contribution is -2.40. The maximum Gasteiger partial charge on any atom is 0.223 e. The Morgan fingerprint density at radius 2 is 1.76 bits per heavy atom. The Morgan fingerprint density at radius 3 is 2.40 bits per heavy atom. The summed E-state index contributed by atoms with van der Waals surface area (Å²) in [6, 6.07) is 14.6. The van der Waals surface area contributed by atoms with Gasteiger partial charge in [-0.15, -0.1) is 0 Å². The molecule has 0 heterocycles. The van der Waals surface area contributed by atoms with Crippen molar-refractivity contribution < 1.29 is 19.0 Å². The van der Waals surface area contributed by atoms with Crippen molar-refractivity contribution in [2.75, 3.05) is 6.61 Å². The first-order chi connectivity index (χ1) is 12.0. The van der Waals surface area contributed by atoms with Crippen LogP contribution in [0.4, 0.5) is 4.39 Å². The van der Waals surface area contributed by atoms with Crippen molar-refractivity contribution in [2.24, 2.45) is 5.92 Å². The number of ether oxygens (including phenoxy) is 1. The van der Waals surface area contributed by atoms with Gasteiger partial charge in [-0.25, -0.2) is 4.39 Å². The zero-order valence-corrected chi connectivity index (χ0v) is 14.5. The normalized spacial score (nSPS) is 14.4. The minimum atomic E-state index is -0.891. The number of benzene rings is 2. The molecule has 0 aromatic heterocycles. The number of carbonyl (C=O) groups is 1. The molecule has 2 aromatic carbocycles. The van der Waals surface area contributed by atoms with Gasteiger partial charge in [0, 0.05) is 5.92 Å². The molecule has 2 N–H and O–H groups in total. The van der Waals surface area contributed by atoms with E-state index in [0.717, 1.165) is 5.75 Å². The molecular formula is C20H24FNO3. The molecule has 0 aliphatic rings. The molecule has 0 fully saturated rings. The Hall–Kier alpha value is -2.40. The summed E-state index contributed by atoms with van der Waals surface area (Å²) in [5.74, 6) is 0.0202. The van der Waals surface area contributed by atoms with Gasteiger partial charge in [-0.3, -0.25) is 4.79 Å². The highest BCUT2D eigenvalue weighted by molar-refractivity contribution is 5.78. The quantitative estimate of drug-likeness (QED) is 0.770. The van der Waals surface area contributed by atoms with Crippen LogP contribution in [-0.4, -0.2) is 23.7 Å². The van der Waals surface area contributed by atoms with E-state index in [9.17, 15) is 14.3 Å². The summed E-state index contributed by atoms with van der Waals surface area (Å²) in [6.07, 6.45) is -0.322. The first kappa shape index (κ1) is 18.9. The van der Waals surface area contributed by atoms with Gasteiger partial charge in [0.05, 0.1) is 18.8 Å². The lowest BCUT2D eigenvalue weighted by Gasteiger charge is -2.22.